The molecule has 3 N–H and O–H groups in total. The summed E-state index contributed by atoms with van der Waals surface area (Å²) in [6.45, 7) is 0.336. The lowest BCUT2D eigenvalue weighted by Gasteiger charge is -2.13. The number of hydrogen-bond donors (Lipinski definition) is 2. The van der Waals surface area contributed by atoms with Gasteiger partial charge in [0.15, 0.2) is 5.82 Å². The SMILES string of the molecule is CN(C)c1nc(NCc2cccc(F)c2)nc(-c2ncc3c(C(N)=O)cccn23)n1. The van der Waals surface area contributed by atoms with Gasteiger partial charge in [-0.1, -0.05) is 12.1 Å². The molecular formula is C20H19FN8O. The number of benzene rings is 1. The van der Waals surface area contributed by atoms with Crippen molar-refractivity contribution in [1.82, 2.24) is 24.3 Å². The van der Waals surface area contributed by atoms with Crippen LogP contribution < -0.4 is 16.0 Å². The highest BCUT2D eigenvalue weighted by Gasteiger charge is 2.17. The summed E-state index contributed by atoms with van der Waals surface area (Å²) in [6.07, 6.45) is 3.30. The molecule has 0 bridgehead atoms. The Morgan fingerprint density at radius 1 is 1.20 bits per heavy atom. The number of rotatable bonds is 6. The van der Waals surface area contributed by atoms with Gasteiger partial charge in [-0.05, 0) is 29.8 Å². The van der Waals surface area contributed by atoms with Crippen LogP contribution >= 0.6 is 0 Å². The van der Waals surface area contributed by atoms with E-state index in [1.807, 2.05) is 14.1 Å². The van der Waals surface area contributed by atoms with Crippen molar-refractivity contribution in [1.29, 1.82) is 0 Å². The predicted molar refractivity (Wildman–Crippen MR) is 111 cm³/mol. The summed E-state index contributed by atoms with van der Waals surface area (Å²) >= 11 is 0. The maximum Gasteiger partial charge on any atom is 0.250 e. The van der Waals surface area contributed by atoms with Gasteiger partial charge in [-0.3, -0.25) is 9.20 Å². The molecule has 0 aliphatic heterocycles. The van der Waals surface area contributed by atoms with Crippen LogP contribution in [-0.4, -0.2) is 44.3 Å². The molecule has 152 valence electrons. The first-order chi connectivity index (χ1) is 14.4. The van der Waals surface area contributed by atoms with Crippen LogP contribution in [0.25, 0.3) is 17.2 Å². The van der Waals surface area contributed by atoms with Gasteiger partial charge in [-0.15, -0.1) is 0 Å². The predicted octanol–water partition coefficient (Wildman–Crippen LogP) is 2.10. The normalized spacial score (nSPS) is 10.9. The highest BCUT2D eigenvalue weighted by molar-refractivity contribution is 5.99. The maximum atomic E-state index is 13.4. The second-order valence-corrected chi connectivity index (χ2v) is 6.78. The molecular weight excluding hydrogens is 387 g/mol. The molecule has 0 saturated heterocycles. The van der Waals surface area contributed by atoms with Gasteiger partial charge >= 0.3 is 0 Å². The molecule has 0 saturated carbocycles. The lowest BCUT2D eigenvalue weighted by atomic mass is 10.2. The molecule has 4 rings (SSSR count). The minimum Gasteiger partial charge on any atom is -0.366 e. The minimum atomic E-state index is -0.547. The van der Waals surface area contributed by atoms with Crippen molar-refractivity contribution in [3.8, 4) is 11.6 Å². The minimum absolute atomic E-state index is 0.311. The zero-order valence-electron chi connectivity index (χ0n) is 16.4. The van der Waals surface area contributed by atoms with Gasteiger partial charge in [0.25, 0.3) is 5.91 Å². The Morgan fingerprint density at radius 3 is 2.77 bits per heavy atom. The second kappa shape index (κ2) is 7.74. The van der Waals surface area contributed by atoms with E-state index in [1.165, 1.54) is 12.1 Å². The van der Waals surface area contributed by atoms with E-state index >= 15 is 0 Å². The molecule has 0 atom stereocenters. The first-order valence-corrected chi connectivity index (χ1v) is 9.10. The number of amides is 1. The van der Waals surface area contributed by atoms with Crippen LogP contribution in [0.2, 0.25) is 0 Å². The highest BCUT2D eigenvalue weighted by Crippen LogP contribution is 2.21. The third-order valence-electron chi connectivity index (χ3n) is 4.40. The molecule has 4 aromatic rings. The van der Waals surface area contributed by atoms with Crippen molar-refractivity contribution in [2.75, 3.05) is 24.3 Å². The number of anilines is 2. The number of nitrogens with zero attached hydrogens (tertiary/aromatic N) is 6. The van der Waals surface area contributed by atoms with E-state index in [4.69, 9.17) is 5.73 Å². The lowest BCUT2D eigenvalue weighted by Crippen LogP contribution is -2.16. The van der Waals surface area contributed by atoms with Crippen LogP contribution in [0.4, 0.5) is 16.3 Å². The third kappa shape index (κ3) is 3.75. The highest BCUT2D eigenvalue weighted by atomic mass is 19.1. The molecule has 1 amide bonds. The van der Waals surface area contributed by atoms with Crippen LogP contribution in [0, 0.1) is 5.82 Å². The van der Waals surface area contributed by atoms with Crippen molar-refractivity contribution < 1.29 is 9.18 Å². The lowest BCUT2D eigenvalue weighted by molar-refractivity contribution is 0.100. The van der Waals surface area contributed by atoms with Crippen LogP contribution in [0.15, 0.2) is 48.8 Å². The van der Waals surface area contributed by atoms with E-state index in [2.05, 4.69) is 25.3 Å². The number of halogens is 1. The van der Waals surface area contributed by atoms with Gasteiger partial charge in [-0.25, -0.2) is 9.37 Å². The van der Waals surface area contributed by atoms with Gasteiger partial charge in [0.05, 0.1) is 17.3 Å². The summed E-state index contributed by atoms with van der Waals surface area (Å²) < 4.78 is 15.1. The summed E-state index contributed by atoms with van der Waals surface area (Å²) in [5.74, 6) is 0.632. The monoisotopic (exact) mass is 406 g/mol. The largest absolute Gasteiger partial charge is 0.366 e. The molecule has 30 heavy (non-hydrogen) atoms. The number of nitrogens with one attached hydrogen (secondary N) is 1. The average Bonchev–Trinajstić information content (AvgIpc) is 3.16. The molecule has 0 unspecified atom stereocenters. The Balaban J connectivity index is 1.74. The molecule has 1 aromatic carbocycles. The van der Waals surface area contributed by atoms with Crippen LogP contribution in [0.1, 0.15) is 15.9 Å². The first kappa shape index (κ1) is 19.2. The molecule has 0 radical (unpaired) electrons. The van der Waals surface area contributed by atoms with E-state index in [0.717, 1.165) is 5.56 Å². The van der Waals surface area contributed by atoms with E-state index < -0.39 is 5.91 Å². The molecule has 0 spiro atoms. The topological polar surface area (TPSA) is 114 Å². The number of nitrogens with two attached hydrogens (primary N) is 1. The molecule has 3 aromatic heterocycles. The van der Waals surface area contributed by atoms with Gasteiger partial charge in [0.2, 0.25) is 17.7 Å². The van der Waals surface area contributed by atoms with E-state index in [9.17, 15) is 9.18 Å². The van der Waals surface area contributed by atoms with Crippen LogP contribution in [0.3, 0.4) is 0 Å². The quantitative estimate of drug-likeness (QED) is 0.504. The fourth-order valence-electron chi connectivity index (χ4n) is 2.97. The number of pyridine rings is 1. The zero-order valence-corrected chi connectivity index (χ0v) is 16.4. The van der Waals surface area contributed by atoms with E-state index in [-0.39, 0.29) is 5.82 Å². The Bertz CT molecular complexity index is 1240. The zero-order chi connectivity index (χ0) is 21.3. The Hall–Kier alpha value is -4.08. The van der Waals surface area contributed by atoms with Gasteiger partial charge < -0.3 is 16.0 Å². The average molecular weight is 406 g/mol. The van der Waals surface area contributed by atoms with Crippen molar-refractivity contribution in [2.24, 2.45) is 5.73 Å². The maximum absolute atomic E-state index is 13.4. The standard InChI is InChI=1S/C20H19FN8O/c1-28(2)20-26-17(18-23-11-15-14(16(22)30)7-4-8-29(15)18)25-19(27-20)24-10-12-5-3-6-13(21)9-12/h3-9,11H,10H2,1-2H3,(H2,22,30)(H,24,25,26,27). The molecule has 0 aliphatic rings. The summed E-state index contributed by atoms with van der Waals surface area (Å²) in [4.78, 5) is 31.2. The smallest absolute Gasteiger partial charge is 0.250 e. The van der Waals surface area contributed by atoms with Crippen molar-refractivity contribution in [3.05, 3.63) is 65.7 Å². The summed E-state index contributed by atoms with van der Waals surface area (Å²) in [7, 11) is 3.62. The number of hydrogen-bond acceptors (Lipinski definition) is 7. The number of fused-ring (bicyclic) bond motifs is 1. The Labute approximate surface area is 171 Å². The summed E-state index contributed by atoms with van der Waals surface area (Å²) in [5, 5.41) is 3.10. The van der Waals surface area contributed by atoms with Crippen LogP contribution in [-0.2, 0) is 6.54 Å². The van der Waals surface area contributed by atoms with Crippen molar-refractivity contribution >= 4 is 23.3 Å². The molecule has 9 nitrogen and oxygen atoms in total. The van der Waals surface area contributed by atoms with Crippen molar-refractivity contribution in [2.45, 2.75) is 6.54 Å². The molecule has 3 heterocycles. The van der Waals surface area contributed by atoms with E-state index in [0.29, 0.717) is 41.2 Å². The summed E-state index contributed by atoms with van der Waals surface area (Å²) in [6, 6.07) is 9.61. The number of aromatic nitrogens is 5. The first-order valence-electron chi connectivity index (χ1n) is 9.10. The Morgan fingerprint density at radius 2 is 2.03 bits per heavy atom. The second-order valence-electron chi connectivity index (χ2n) is 6.78. The molecule has 0 fully saturated rings. The Kier molecular flexibility index (Phi) is 4.97. The summed E-state index contributed by atoms with van der Waals surface area (Å²) in [5.41, 5.74) is 7.11. The number of carbonyl (C=O) groups is 1. The van der Waals surface area contributed by atoms with Gasteiger partial charge in [0.1, 0.15) is 5.82 Å². The number of carbonyl (C=O) groups excluding carboxylic acids is 1. The fraction of sp³-hybridized carbons (Fsp3) is 0.150. The van der Waals surface area contributed by atoms with Gasteiger partial charge in [-0.2, -0.15) is 15.0 Å². The van der Waals surface area contributed by atoms with E-state index in [1.54, 1.807) is 46.0 Å². The van der Waals surface area contributed by atoms with Gasteiger partial charge in [0, 0.05) is 26.8 Å². The fourth-order valence-corrected chi connectivity index (χ4v) is 2.97. The van der Waals surface area contributed by atoms with Crippen molar-refractivity contribution in [3.63, 3.8) is 0 Å². The number of primary amides is 1. The molecule has 10 heteroatoms. The third-order valence-corrected chi connectivity index (χ3v) is 4.40. The van der Waals surface area contributed by atoms with Crippen LogP contribution in [0.5, 0.6) is 0 Å². The number of imidazole rings is 1. The molecule has 0 aliphatic carbocycles.